The maximum absolute atomic E-state index is 11.0. The lowest BCUT2D eigenvalue weighted by Crippen LogP contribution is -2.00. The summed E-state index contributed by atoms with van der Waals surface area (Å²) in [5.74, 6) is 0.0583. The van der Waals surface area contributed by atoms with Gasteiger partial charge in [0.2, 0.25) is 0 Å². The first-order chi connectivity index (χ1) is 6.02. The number of hydrogen-bond acceptors (Lipinski definition) is 2. The Balaban J connectivity index is 3.03. The minimum absolute atomic E-state index is 0.0583. The van der Waals surface area contributed by atoms with E-state index in [0.29, 0.717) is 9.92 Å². The van der Waals surface area contributed by atoms with Crippen LogP contribution in [-0.2, 0) is 4.79 Å². The van der Waals surface area contributed by atoms with Gasteiger partial charge in [0.15, 0.2) is 0 Å². The van der Waals surface area contributed by atoms with Gasteiger partial charge in [0, 0.05) is 4.90 Å². The number of ketones is 1. The molecule has 0 bridgehead atoms. The highest BCUT2D eigenvalue weighted by Crippen LogP contribution is 2.29. The summed E-state index contributed by atoms with van der Waals surface area (Å²) in [5.41, 5.74) is 0.857. The summed E-state index contributed by atoms with van der Waals surface area (Å²) in [5, 5.41) is 0.562. The molecule has 0 N–H and O–H groups in total. The second-order valence-corrected chi connectivity index (χ2v) is 4.49. The summed E-state index contributed by atoms with van der Waals surface area (Å²) >= 11 is 13.3. The Labute approximate surface area is 96.0 Å². The van der Waals surface area contributed by atoms with Gasteiger partial charge in [-0.2, -0.15) is 0 Å². The molecule has 1 aromatic rings. The van der Waals surface area contributed by atoms with Crippen LogP contribution in [0.1, 0.15) is 17.3 Å². The van der Waals surface area contributed by atoms with Gasteiger partial charge in [-0.15, -0.1) is 12.6 Å². The standard InChI is InChI=1S/C9H8BrClOS/c1-5(12)9(10)6-2-3-8(13)7(11)4-6/h2-4,9,13H,1H3. The molecule has 1 atom stereocenters. The van der Waals surface area contributed by atoms with Crippen LogP contribution in [0.15, 0.2) is 23.1 Å². The average Bonchev–Trinajstić information content (AvgIpc) is 2.08. The van der Waals surface area contributed by atoms with Gasteiger partial charge in [-0.05, 0) is 24.6 Å². The number of carbonyl (C=O) groups is 1. The van der Waals surface area contributed by atoms with Crippen LogP contribution in [0.25, 0.3) is 0 Å². The van der Waals surface area contributed by atoms with Gasteiger partial charge in [-0.1, -0.05) is 33.6 Å². The Hall–Kier alpha value is 0.01000. The molecule has 1 rings (SSSR count). The van der Waals surface area contributed by atoms with Crippen molar-refractivity contribution in [3.05, 3.63) is 28.8 Å². The van der Waals surface area contributed by atoms with E-state index in [9.17, 15) is 4.79 Å². The topological polar surface area (TPSA) is 17.1 Å². The predicted molar refractivity (Wildman–Crippen MR) is 61.1 cm³/mol. The number of carbonyl (C=O) groups excluding carboxylic acids is 1. The van der Waals surface area contributed by atoms with Crippen molar-refractivity contribution < 1.29 is 4.79 Å². The van der Waals surface area contributed by atoms with Gasteiger partial charge in [0.1, 0.15) is 5.78 Å². The van der Waals surface area contributed by atoms with E-state index in [1.165, 1.54) is 6.92 Å². The molecule has 4 heteroatoms. The van der Waals surface area contributed by atoms with Crippen molar-refractivity contribution in [2.45, 2.75) is 16.6 Å². The fraction of sp³-hybridized carbons (Fsp3) is 0.222. The van der Waals surface area contributed by atoms with Gasteiger partial charge in [-0.3, -0.25) is 4.79 Å². The molecule has 0 saturated carbocycles. The average molecular weight is 280 g/mol. The van der Waals surface area contributed by atoms with Crippen LogP contribution in [0, 0.1) is 0 Å². The van der Waals surface area contributed by atoms with E-state index in [0.717, 1.165) is 5.56 Å². The second-order valence-electron chi connectivity index (χ2n) is 2.68. The summed E-state index contributed by atoms with van der Waals surface area (Å²) in [6, 6.07) is 5.34. The van der Waals surface area contributed by atoms with Crippen LogP contribution < -0.4 is 0 Å². The van der Waals surface area contributed by atoms with Gasteiger partial charge >= 0.3 is 0 Å². The molecule has 0 saturated heterocycles. The van der Waals surface area contributed by atoms with Crippen molar-refractivity contribution >= 4 is 45.9 Å². The van der Waals surface area contributed by atoms with Crippen molar-refractivity contribution in [3.8, 4) is 0 Å². The van der Waals surface area contributed by atoms with Crippen molar-refractivity contribution in [2.24, 2.45) is 0 Å². The number of alkyl halides is 1. The first-order valence-electron chi connectivity index (χ1n) is 3.65. The lowest BCUT2D eigenvalue weighted by molar-refractivity contribution is -0.116. The predicted octanol–water partition coefficient (Wildman–Crippen LogP) is 3.65. The molecule has 0 aromatic heterocycles. The van der Waals surface area contributed by atoms with Gasteiger partial charge in [0.05, 0.1) is 9.85 Å². The molecule has 0 aliphatic carbocycles. The highest BCUT2D eigenvalue weighted by Gasteiger charge is 2.12. The van der Waals surface area contributed by atoms with Crippen LogP contribution in [0.5, 0.6) is 0 Å². The van der Waals surface area contributed by atoms with Crippen molar-refractivity contribution in [1.29, 1.82) is 0 Å². The Kier molecular flexibility index (Phi) is 3.83. The summed E-state index contributed by atoms with van der Waals surface area (Å²) in [6.07, 6.45) is 0. The monoisotopic (exact) mass is 278 g/mol. The molecule has 0 aliphatic heterocycles. The molecule has 0 heterocycles. The summed E-state index contributed by atoms with van der Waals surface area (Å²) in [6.45, 7) is 1.53. The van der Waals surface area contributed by atoms with Crippen molar-refractivity contribution in [2.75, 3.05) is 0 Å². The Morgan fingerprint density at radius 3 is 2.69 bits per heavy atom. The fourth-order valence-electron chi connectivity index (χ4n) is 0.916. The van der Waals surface area contributed by atoms with Crippen molar-refractivity contribution in [1.82, 2.24) is 0 Å². The maximum atomic E-state index is 11.0. The quantitative estimate of drug-likeness (QED) is 0.646. The number of Topliss-reactive ketones (excluding diaryl/α,β-unsaturated/α-hetero) is 1. The minimum atomic E-state index is -0.279. The zero-order valence-electron chi connectivity index (χ0n) is 6.92. The maximum Gasteiger partial charge on any atom is 0.147 e. The fourth-order valence-corrected chi connectivity index (χ4v) is 1.53. The molecule has 0 aliphatic rings. The molecular weight excluding hydrogens is 272 g/mol. The first-order valence-corrected chi connectivity index (χ1v) is 5.39. The van der Waals surface area contributed by atoms with E-state index < -0.39 is 0 Å². The largest absolute Gasteiger partial charge is 0.298 e. The second kappa shape index (κ2) is 4.49. The van der Waals surface area contributed by atoms with Crippen LogP contribution >= 0.6 is 40.2 Å². The minimum Gasteiger partial charge on any atom is -0.298 e. The number of rotatable bonds is 2. The van der Waals surface area contributed by atoms with Crippen LogP contribution in [0.4, 0.5) is 0 Å². The summed E-state index contributed by atoms with van der Waals surface area (Å²) in [7, 11) is 0. The SMILES string of the molecule is CC(=O)C(Br)c1ccc(S)c(Cl)c1. The van der Waals surface area contributed by atoms with Gasteiger partial charge in [0.25, 0.3) is 0 Å². The molecule has 0 amide bonds. The van der Waals surface area contributed by atoms with E-state index in [-0.39, 0.29) is 10.6 Å². The Bertz CT molecular complexity index is 340. The zero-order valence-corrected chi connectivity index (χ0v) is 10.2. The van der Waals surface area contributed by atoms with Crippen LogP contribution in [0.3, 0.4) is 0 Å². The molecule has 1 nitrogen and oxygen atoms in total. The molecule has 0 fully saturated rings. The lowest BCUT2D eigenvalue weighted by atomic mass is 10.1. The molecule has 13 heavy (non-hydrogen) atoms. The Morgan fingerprint density at radius 2 is 2.23 bits per heavy atom. The molecule has 0 spiro atoms. The highest BCUT2D eigenvalue weighted by atomic mass is 79.9. The molecular formula is C9H8BrClOS. The first kappa shape index (κ1) is 11.1. The van der Waals surface area contributed by atoms with Crippen LogP contribution in [0.2, 0.25) is 5.02 Å². The third-order valence-corrected chi connectivity index (χ3v) is 3.63. The molecule has 70 valence electrons. The normalized spacial score (nSPS) is 12.6. The van der Waals surface area contributed by atoms with E-state index in [4.69, 9.17) is 11.6 Å². The third-order valence-electron chi connectivity index (χ3n) is 1.62. The molecule has 1 aromatic carbocycles. The van der Waals surface area contributed by atoms with E-state index >= 15 is 0 Å². The summed E-state index contributed by atoms with van der Waals surface area (Å²) in [4.78, 5) is 11.5. The van der Waals surface area contributed by atoms with E-state index in [1.54, 1.807) is 12.1 Å². The number of halogens is 2. The van der Waals surface area contributed by atoms with Crippen LogP contribution in [-0.4, -0.2) is 5.78 Å². The third kappa shape index (κ3) is 2.73. The van der Waals surface area contributed by atoms with Gasteiger partial charge < -0.3 is 0 Å². The highest BCUT2D eigenvalue weighted by molar-refractivity contribution is 9.09. The Morgan fingerprint density at radius 1 is 1.62 bits per heavy atom. The lowest BCUT2D eigenvalue weighted by Gasteiger charge is -2.07. The zero-order chi connectivity index (χ0) is 10.0. The van der Waals surface area contributed by atoms with E-state index in [1.807, 2.05) is 6.07 Å². The summed E-state index contributed by atoms with van der Waals surface area (Å²) < 4.78 is 0. The van der Waals surface area contributed by atoms with E-state index in [2.05, 4.69) is 28.6 Å². The molecule has 1 unspecified atom stereocenters. The smallest absolute Gasteiger partial charge is 0.147 e. The number of hydrogen-bond donors (Lipinski definition) is 1. The number of benzene rings is 1. The van der Waals surface area contributed by atoms with Gasteiger partial charge in [-0.25, -0.2) is 0 Å². The number of thiol groups is 1. The van der Waals surface area contributed by atoms with Crippen molar-refractivity contribution in [3.63, 3.8) is 0 Å². The molecule has 0 radical (unpaired) electrons.